The van der Waals surface area contributed by atoms with Crippen LogP contribution in [0.3, 0.4) is 0 Å². The van der Waals surface area contributed by atoms with Crippen molar-refractivity contribution in [3.05, 3.63) is 0 Å². The van der Waals surface area contributed by atoms with Crippen LogP contribution in [-0.4, -0.2) is 18.0 Å². The maximum atomic E-state index is 11.9. The van der Waals surface area contributed by atoms with Gasteiger partial charge < -0.3 is 11.1 Å². The van der Waals surface area contributed by atoms with Crippen molar-refractivity contribution in [1.29, 1.82) is 0 Å². The highest BCUT2D eigenvalue weighted by atomic mass is 16.2. The largest absolute Gasteiger partial charge is 0.352 e. The van der Waals surface area contributed by atoms with Crippen LogP contribution >= 0.6 is 0 Å². The molecule has 0 unspecified atom stereocenters. The zero-order valence-corrected chi connectivity index (χ0v) is 11.5. The second-order valence-corrected chi connectivity index (χ2v) is 5.93. The van der Waals surface area contributed by atoms with Crippen LogP contribution < -0.4 is 11.1 Å². The van der Waals surface area contributed by atoms with Crippen LogP contribution in [0.4, 0.5) is 0 Å². The zero-order valence-electron chi connectivity index (χ0n) is 11.5. The van der Waals surface area contributed by atoms with Crippen LogP contribution in [-0.2, 0) is 4.79 Å². The fourth-order valence-electron chi connectivity index (χ4n) is 2.70. The Morgan fingerprint density at radius 1 is 1.24 bits per heavy atom. The minimum Gasteiger partial charge on any atom is -0.352 e. The average Bonchev–Trinajstić information content (AvgIpc) is 2.29. The van der Waals surface area contributed by atoms with Gasteiger partial charge in [-0.1, -0.05) is 33.1 Å². The molecular formula is C14H28N2O. The van der Waals surface area contributed by atoms with E-state index in [1.54, 1.807) is 0 Å². The van der Waals surface area contributed by atoms with Gasteiger partial charge in [0.1, 0.15) is 0 Å². The van der Waals surface area contributed by atoms with E-state index in [9.17, 15) is 4.79 Å². The molecule has 1 fully saturated rings. The van der Waals surface area contributed by atoms with Gasteiger partial charge in [-0.05, 0) is 38.0 Å². The van der Waals surface area contributed by atoms with Crippen molar-refractivity contribution in [3.8, 4) is 0 Å². The summed E-state index contributed by atoms with van der Waals surface area (Å²) in [6, 6.07) is -0.0675. The summed E-state index contributed by atoms with van der Waals surface area (Å²) in [4.78, 5) is 11.9. The average molecular weight is 240 g/mol. The van der Waals surface area contributed by atoms with Gasteiger partial charge in [0, 0.05) is 6.04 Å². The van der Waals surface area contributed by atoms with Crippen molar-refractivity contribution >= 4 is 5.91 Å². The summed E-state index contributed by atoms with van der Waals surface area (Å²) in [5.41, 5.74) is 5.88. The second-order valence-electron chi connectivity index (χ2n) is 5.93. The Bertz CT molecular complexity index is 234. The lowest BCUT2D eigenvalue weighted by molar-refractivity contribution is -0.123. The molecule has 100 valence electrons. The SMILES string of the molecule is CC(C)C[C@H](N)C(=O)N[C@H](C)C1CCCCC1. The van der Waals surface area contributed by atoms with E-state index < -0.39 is 0 Å². The minimum atomic E-state index is -0.346. The Kier molecular flexibility index (Phi) is 5.96. The summed E-state index contributed by atoms with van der Waals surface area (Å²) in [6.07, 6.45) is 7.24. The summed E-state index contributed by atoms with van der Waals surface area (Å²) in [7, 11) is 0. The van der Waals surface area contributed by atoms with Crippen molar-refractivity contribution in [2.24, 2.45) is 17.6 Å². The standard InChI is InChI=1S/C14H28N2O/c1-10(2)9-13(15)14(17)16-11(3)12-7-5-4-6-8-12/h10-13H,4-9,15H2,1-3H3,(H,16,17)/t11-,13+/m1/s1. The fourth-order valence-corrected chi connectivity index (χ4v) is 2.70. The predicted octanol–water partition coefficient (Wildman–Crippen LogP) is 2.44. The Morgan fingerprint density at radius 2 is 1.82 bits per heavy atom. The number of nitrogens with two attached hydrogens (primary N) is 1. The van der Waals surface area contributed by atoms with Gasteiger partial charge in [-0.25, -0.2) is 0 Å². The first-order chi connectivity index (χ1) is 8.00. The van der Waals surface area contributed by atoms with Crippen LogP contribution in [0.1, 0.15) is 59.3 Å². The number of amides is 1. The van der Waals surface area contributed by atoms with Crippen LogP contribution in [0.2, 0.25) is 0 Å². The molecule has 1 saturated carbocycles. The van der Waals surface area contributed by atoms with Crippen LogP contribution in [0.15, 0.2) is 0 Å². The lowest BCUT2D eigenvalue weighted by atomic mass is 9.84. The quantitative estimate of drug-likeness (QED) is 0.775. The molecule has 1 amide bonds. The molecule has 0 bridgehead atoms. The van der Waals surface area contributed by atoms with E-state index in [2.05, 4.69) is 26.1 Å². The molecule has 17 heavy (non-hydrogen) atoms. The molecule has 3 heteroatoms. The highest BCUT2D eigenvalue weighted by Crippen LogP contribution is 2.26. The van der Waals surface area contributed by atoms with Crippen molar-refractivity contribution in [1.82, 2.24) is 5.32 Å². The first-order valence-electron chi connectivity index (χ1n) is 7.06. The maximum absolute atomic E-state index is 11.9. The molecular weight excluding hydrogens is 212 g/mol. The number of nitrogens with one attached hydrogen (secondary N) is 1. The third-order valence-corrected chi connectivity index (χ3v) is 3.79. The molecule has 0 aromatic heterocycles. The van der Waals surface area contributed by atoms with Crippen LogP contribution in [0.25, 0.3) is 0 Å². The van der Waals surface area contributed by atoms with E-state index in [-0.39, 0.29) is 18.0 Å². The smallest absolute Gasteiger partial charge is 0.237 e. The Balaban J connectivity index is 2.33. The molecule has 3 nitrogen and oxygen atoms in total. The van der Waals surface area contributed by atoms with Gasteiger partial charge in [-0.2, -0.15) is 0 Å². The Morgan fingerprint density at radius 3 is 2.35 bits per heavy atom. The summed E-state index contributed by atoms with van der Waals surface area (Å²) >= 11 is 0. The molecule has 0 aromatic rings. The van der Waals surface area contributed by atoms with Gasteiger partial charge in [-0.15, -0.1) is 0 Å². The fraction of sp³-hybridized carbons (Fsp3) is 0.929. The first-order valence-corrected chi connectivity index (χ1v) is 7.06. The molecule has 0 aromatic carbocycles. The van der Waals surface area contributed by atoms with Crippen molar-refractivity contribution in [2.45, 2.75) is 71.4 Å². The van der Waals surface area contributed by atoms with Gasteiger partial charge in [-0.3, -0.25) is 4.79 Å². The summed E-state index contributed by atoms with van der Waals surface area (Å²) < 4.78 is 0. The zero-order chi connectivity index (χ0) is 12.8. The maximum Gasteiger partial charge on any atom is 0.237 e. The first kappa shape index (κ1) is 14.5. The topological polar surface area (TPSA) is 55.1 Å². The monoisotopic (exact) mass is 240 g/mol. The lowest BCUT2D eigenvalue weighted by Crippen LogP contribution is -2.47. The number of hydrogen-bond acceptors (Lipinski definition) is 2. The van der Waals surface area contributed by atoms with Gasteiger partial charge in [0.05, 0.1) is 6.04 Å². The highest BCUT2D eigenvalue weighted by molar-refractivity contribution is 5.81. The van der Waals surface area contributed by atoms with E-state index in [0.29, 0.717) is 11.8 Å². The lowest BCUT2D eigenvalue weighted by Gasteiger charge is -2.29. The van der Waals surface area contributed by atoms with Gasteiger partial charge in [0.15, 0.2) is 0 Å². The Labute approximate surface area is 106 Å². The van der Waals surface area contributed by atoms with E-state index in [0.717, 1.165) is 6.42 Å². The third-order valence-electron chi connectivity index (χ3n) is 3.79. The summed E-state index contributed by atoms with van der Waals surface area (Å²) in [6.45, 7) is 6.31. The number of carbonyl (C=O) groups excluding carboxylic acids is 1. The predicted molar refractivity (Wildman–Crippen MR) is 71.6 cm³/mol. The number of hydrogen-bond donors (Lipinski definition) is 2. The molecule has 3 N–H and O–H groups in total. The second kappa shape index (κ2) is 7.00. The molecule has 0 heterocycles. The van der Waals surface area contributed by atoms with Crippen molar-refractivity contribution < 1.29 is 4.79 Å². The molecule has 1 aliphatic rings. The summed E-state index contributed by atoms with van der Waals surface area (Å²) in [5.74, 6) is 1.15. The van der Waals surface area contributed by atoms with E-state index in [4.69, 9.17) is 5.73 Å². The molecule has 0 spiro atoms. The van der Waals surface area contributed by atoms with Gasteiger partial charge in [0.25, 0.3) is 0 Å². The van der Waals surface area contributed by atoms with Crippen LogP contribution in [0.5, 0.6) is 0 Å². The number of rotatable bonds is 5. The van der Waals surface area contributed by atoms with Gasteiger partial charge in [0.2, 0.25) is 5.91 Å². The minimum absolute atomic E-state index is 0.0248. The summed E-state index contributed by atoms with van der Waals surface area (Å²) in [5, 5.41) is 3.09. The van der Waals surface area contributed by atoms with Crippen LogP contribution in [0, 0.1) is 11.8 Å². The van der Waals surface area contributed by atoms with Crippen molar-refractivity contribution in [3.63, 3.8) is 0 Å². The van der Waals surface area contributed by atoms with E-state index >= 15 is 0 Å². The molecule has 2 atom stereocenters. The third kappa shape index (κ3) is 5.07. The van der Waals surface area contributed by atoms with E-state index in [1.165, 1.54) is 32.1 Å². The molecule has 0 aliphatic heterocycles. The van der Waals surface area contributed by atoms with Gasteiger partial charge >= 0.3 is 0 Å². The molecule has 1 aliphatic carbocycles. The molecule has 0 saturated heterocycles. The van der Waals surface area contributed by atoms with Crippen molar-refractivity contribution in [2.75, 3.05) is 0 Å². The highest BCUT2D eigenvalue weighted by Gasteiger charge is 2.23. The van der Waals surface area contributed by atoms with E-state index in [1.807, 2.05) is 0 Å². The normalized spacial score (nSPS) is 21.2. The molecule has 0 radical (unpaired) electrons. The Hall–Kier alpha value is -0.570. The number of carbonyl (C=O) groups is 1. The molecule has 1 rings (SSSR count).